The van der Waals surface area contributed by atoms with Crippen LogP contribution in [0.1, 0.15) is 130 Å². The summed E-state index contributed by atoms with van der Waals surface area (Å²) in [5.74, 6) is -0.0742. The molecule has 0 aromatic heterocycles. The van der Waals surface area contributed by atoms with E-state index in [-0.39, 0.29) is 18.4 Å². The third-order valence-electron chi connectivity index (χ3n) is 9.36. The van der Waals surface area contributed by atoms with Crippen LogP contribution in [0.2, 0.25) is 0 Å². The van der Waals surface area contributed by atoms with Crippen molar-refractivity contribution in [3.05, 3.63) is 0 Å². The van der Waals surface area contributed by atoms with E-state index < -0.39 is 47.2 Å². The summed E-state index contributed by atoms with van der Waals surface area (Å²) in [4.78, 5) is 28.0. The molecule has 0 aliphatic carbocycles. The summed E-state index contributed by atoms with van der Waals surface area (Å²) < 4.78 is 11.9. The Balaban J connectivity index is 1.76. The van der Waals surface area contributed by atoms with Gasteiger partial charge >= 0.3 is 5.97 Å². The average Bonchev–Trinajstić information content (AvgIpc) is 3.36. The number of aliphatic hydroxyl groups is 2. The summed E-state index contributed by atoms with van der Waals surface area (Å²) in [5, 5.41) is 24.6. The van der Waals surface area contributed by atoms with Crippen molar-refractivity contribution in [3.8, 4) is 0 Å². The molecule has 0 saturated carbocycles. The molecule has 8 nitrogen and oxygen atoms in total. The van der Waals surface area contributed by atoms with Crippen LogP contribution in [0.15, 0.2) is 0 Å². The first-order chi connectivity index (χ1) is 21.1. The predicted molar refractivity (Wildman–Crippen MR) is 181 cm³/mol. The molecule has 0 aromatic carbocycles. The number of nitrogens with one attached hydrogen (secondary N) is 1. The number of carbonyl (C=O) groups is 2. The highest BCUT2D eigenvalue weighted by Gasteiger charge is 2.50. The number of esters is 1. The Morgan fingerprint density at radius 3 is 2.05 bits per heavy atom. The first kappa shape index (κ1) is 39.6. The highest BCUT2D eigenvalue weighted by atomic mass is 35.5. The van der Waals surface area contributed by atoms with Crippen molar-refractivity contribution >= 4 is 35.2 Å². The molecule has 9 atom stereocenters. The van der Waals surface area contributed by atoms with Gasteiger partial charge in [-0.25, -0.2) is 0 Å². The number of rotatable bonds is 22. The summed E-state index contributed by atoms with van der Waals surface area (Å²) in [7, 11) is 1.95. The number of halogens is 1. The molecule has 258 valence electrons. The number of unbranched alkanes of at least 4 members (excludes halogenated alkanes) is 12. The predicted octanol–water partition coefficient (Wildman–Crippen LogP) is 6.42. The Labute approximate surface area is 277 Å². The van der Waals surface area contributed by atoms with Crippen molar-refractivity contribution in [1.82, 2.24) is 10.2 Å². The molecule has 0 unspecified atom stereocenters. The van der Waals surface area contributed by atoms with Gasteiger partial charge in [0.2, 0.25) is 5.91 Å². The summed E-state index contributed by atoms with van der Waals surface area (Å²) in [6.07, 6.45) is 16.3. The van der Waals surface area contributed by atoms with Gasteiger partial charge in [-0.15, -0.1) is 23.4 Å². The number of hydrogen-bond donors (Lipinski definition) is 3. The monoisotopic (exact) mass is 662 g/mol. The van der Waals surface area contributed by atoms with Gasteiger partial charge in [-0.2, -0.15) is 0 Å². The van der Waals surface area contributed by atoms with Crippen LogP contribution in [-0.4, -0.2) is 94.2 Å². The second-order valence-corrected chi connectivity index (χ2v) is 14.8. The maximum Gasteiger partial charge on any atom is 0.306 e. The molecule has 0 aromatic rings. The molecule has 0 radical (unpaired) electrons. The minimum Gasteiger partial charge on any atom is -0.456 e. The van der Waals surface area contributed by atoms with Crippen LogP contribution in [0.4, 0.5) is 0 Å². The number of ether oxygens (including phenoxy) is 2. The van der Waals surface area contributed by atoms with E-state index in [2.05, 4.69) is 24.1 Å². The van der Waals surface area contributed by atoms with E-state index in [0.717, 1.165) is 45.1 Å². The largest absolute Gasteiger partial charge is 0.456 e. The lowest BCUT2D eigenvalue weighted by molar-refractivity contribution is -0.218. The van der Waals surface area contributed by atoms with Gasteiger partial charge in [-0.05, 0) is 45.4 Å². The number of likely N-dealkylation sites (N-methyl/N-ethyl adjacent to an activating group) is 1. The molecule has 44 heavy (non-hydrogen) atoms. The zero-order chi connectivity index (χ0) is 32.5. The Morgan fingerprint density at radius 1 is 0.955 bits per heavy atom. The lowest BCUT2D eigenvalue weighted by atomic mass is 9.92. The topological polar surface area (TPSA) is 108 Å². The molecule has 0 bridgehead atoms. The first-order valence-corrected chi connectivity index (χ1v) is 19.2. The molecule has 1 amide bonds. The maximum absolute atomic E-state index is 13.3. The van der Waals surface area contributed by atoms with E-state index in [9.17, 15) is 19.8 Å². The van der Waals surface area contributed by atoms with Crippen molar-refractivity contribution in [2.75, 3.05) is 19.8 Å². The fraction of sp³-hybridized carbons (Fsp3) is 0.941. The van der Waals surface area contributed by atoms with E-state index in [1.54, 1.807) is 13.2 Å². The van der Waals surface area contributed by atoms with Crippen LogP contribution in [0, 0.1) is 5.92 Å². The lowest BCUT2D eigenvalue weighted by Crippen LogP contribution is -2.65. The van der Waals surface area contributed by atoms with E-state index in [0.29, 0.717) is 5.92 Å². The van der Waals surface area contributed by atoms with Gasteiger partial charge in [-0.3, -0.25) is 14.5 Å². The average molecular weight is 663 g/mol. The van der Waals surface area contributed by atoms with Gasteiger partial charge in [0.25, 0.3) is 0 Å². The van der Waals surface area contributed by atoms with Crippen molar-refractivity contribution in [2.45, 2.75) is 177 Å². The minimum absolute atomic E-state index is 0.152. The van der Waals surface area contributed by atoms with Crippen LogP contribution >= 0.6 is 23.4 Å². The smallest absolute Gasteiger partial charge is 0.306 e. The van der Waals surface area contributed by atoms with Gasteiger partial charge in [0, 0.05) is 13.0 Å². The maximum atomic E-state index is 13.3. The number of nitrogens with zero attached hydrogens (tertiary/aromatic N) is 1. The third kappa shape index (κ3) is 13.3. The van der Waals surface area contributed by atoms with E-state index in [1.807, 2.05) is 7.05 Å². The van der Waals surface area contributed by atoms with Crippen LogP contribution in [-0.2, 0) is 19.1 Å². The van der Waals surface area contributed by atoms with Crippen LogP contribution in [0.5, 0.6) is 0 Å². The number of thioether (sulfide) groups is 1. The molecule has 3 N–H and O–H groups in total. The zero-order valence-corrected chi connectivity index (χ0v) is 29.8. The van der Waals surface area contributed by atoms with Crippen molar-refractivity contribution < 1.29 is 29.3 Å². The van der Waals surface area contributed by atoms with Gasteiger partial charge in [0.15, 0.2) is 6.10 Å². The standard InChI is InChI=1S/C34H63ClN2O6S/c1-6-8-9-10-11-12-13-14-15-16-17-18-19-21-27(38)42-32-30(40)29(39)31(43-34(32)44-5)28(24(3)35)36-33(41)26-22-25(20-7-2)23-37(26)4/h24-26,28-32,34,39-40H,6-23H2,1-5H3,(H,36,41)/t24-,25+,26-,28-,29+,30-,31+,32+,34+/m0/s1. The Morgan fingerprint density at radius 2 is 1.52 bits per heavy atom. The molecule has 2 aliphatic rings. The van der Waals surface area contributed by atoms with Crippen molar-refractivity contribution in [1.29, 1.82) is 0 Å². The third-order valence-corrected chi connectivity index (χ3v) is 10.5. The zero-order valence-electron chi connectivity index (χ0n) is 28.2. The minimum atomic E-state index is -1.38. The van der Waals surface area contributed by atoms with E-state index in [1.165, 1.54) is 76.0 Å². The van der Waals surface area contributed by atoms with Gasteiger partial charge < -0.3 is 25.0 Å². The fourth-order valence-electron chi connectivity index (χ4n) is 6.72. The highest BCUT2D eigenvalue weighted by Crippen LogP contribution is 2.33. The first-order valence-electron chi connectivity index (χ1n) is 17.5. The lowest BCUT2D eigenvalue weighted by Gasteiger charge is -2.45. The molecule has 2 rings (SSSR count). The molecular formula is C34H63ClN2O6S. The quantitative estimate of drug-likeness (QED) is 0.0693. The molecule has 2 aliphatic heterocycles. The molecule has 0 spiro atoms. The van der Waals surface area contributed by atoms with Crippen molar-refractivity contribution in [3.63, 3.8) is 0 Å². The highest BCUT2D eigenvalue weighted by molar-refractivity contribution is 7.99. The van der Waals surface area contributed by atoms with Crippen molar-refractivity contribution in [2.24, 2.45) is 5.92 Å². The Bertz CT molecular complexity index is 806. The summed E-state index contributed by atoms with van der Waals surface area (Å²) in [6.45, 7) is 7.01. The molecule has 10 heteroatoms. The van der Waals surface area contributed by atoms with Crippen LogP contribution in [0.3, 0.4) is 0 Å². The Hall–Kier alpha value is -0.580. The summed E-state index contributed by atoms with van der Waals surface area (Å²) in [6, 6.07) is -1.00. The molecular weight excluding hydrogens is 600 g/mol. The van der Waals surface area contributed by atoms with Gasteiger partial charge in [0.05, 0.1) is 17.5 Å². The van der Waals surface area contributed by atoms with Gasteiger partial charge in [-0.1, -0.05) is 97.3 Å². The van der Waals surface area contributed by atoms with Crippen LogP contribution in [0.25, 0.3) is 0 Å². The SMILES string of the molecule is CCCCCCCCCCCCCCCC(=O)O[C@@H]1[C@@H](O)[C@@H](O)[C@@H]([C@@H](NC(=O)[C@@H]2C[C@@H](CCC)CN2C)[C@H](C)Cl)O[C@@H]1SC. The van der Waals surface area contributed by atoms with Crippen LogP contribution < -0.4 is 5.32 Å². The second kappa shape index (κ2) is 22.1. The van der Waals surface area contributed by atoms with Gasteiger partial charge in [0.1, 0.15) is 23.7 Å². The number of aliphatic hydroxyl groups excluding tert-OH is 2. The number of alkyl halides is 1. The van der Waals surface area contributed by atoms with E-state index in [4.69, 9.17) is 21.1 Å². The summed E-state index contributed by atoms with van der Waals surface area (Å²) >= 11 is 7.82. The summed E-state index contributed by atoms with van der Waals surface area (Å²) in [5.41, 5.74) is -0.702. The number of amides is 1. The molecule has 2 saturated heterocycles. The Kier molecular flexibility index (Phi) is 19.9. The normalized spacial score (nSPS) is 29.0. The second-order valence-electron chi connectivity index (χ2n) is 13.2. The number of carbonyl (C=O) groups excluding carboxylic acids is 2. The molecule has 2 heterocycles. The number of hydrogen-bond acceptors (Lipinski definition) is 8. The molecule has 2 fully saturated rings. The van der Waals surface area contributed by atoms with E-state index >= 15 is 0 Å². The fourth-order valence-corrected chi connectivity index (χ4v) is 7.65. The number of likely N-dealkylation sites (tertiary alicyclic amines) is 1.